The van der Waals surface area contributed by atoms with Gasteiger partial charge in [-0.25, -0.2) is 14.5 Å². The number of ether oxygens (including phenoxy) is 2. The first-order chi connectivity index (χ1) is 14.1. The molecule has 0 aliphatic carbocycles. The number of hydrogen-bond acceptors (Lipinski definition) is 7. The van der Waals surface area contributed by atoms with Crippen LogP contribution in [0.5, 0.6) is 0 Å². The molecule has 0 amide bonds. The summed E-state index contributed by atoms with van der Waals surface area (Å²) >= 11 is 0. The third-order valence-electron chi connectivity index (χ3n) is 3.80. The average Bonchev–Trinajstić information content (AvgIpc) is 3.17. The molecule has 0 aromatic carbocycles. The van der Waals surface area contributed by atoms with E-state index in [1.54, 1.807) is 13.8 Å². The van der Waals surface area contributed by atoms with Crippen molar-refractivity contribution in [2.45, 2.75) is 39.3 Å². The molecule has 164 valence electrons. The highest BCUT2D eigenvalue weighted by molar-refractivity contribution is 5.95. The van der Waals surface area contributed by atoms with Crippen molar-refractivity contribution in [1.82, 2.24) is 14.8 Å². The number of rotatable bonds is 6. The molecule has 0 bridgehead atoms. The van der Waals surface area contributed by atoms with Crippen LogP contribution in [0.4, 0.5) is 13.2 Å². The van der Waals surface area contributed by atoms with Crippen molar-refractivity contribution < 1.29 is 37.0 Å². The average molecular weight is 429 g/mol. The quantitative estimate of drug-likeness (QED) is 0.514. The van der Waals surface area contributed by atoms with Crippen molar-refractivity contribution in [2.24, 2.45) is 0 Å². The minimum atomic E-state index is -4.44. The topological polar surface area (TPSA) is 100 Å². The second-order valence-electron chi connectivity index (χ2n) is 5.83. The van der Waals surface area contributed by atoms with Gasteiger partial charge in [0.1, 0.15) is 17.8 Å². The van der Waals surface area contributed by atoms with Crippen LogP contribution in [0.25, 0.3) is 5.82 Å². The minimum absolute atomic E-state index is 0.0816. The highest BCUT2D eigenvalue weighted by atomic mass is 19.4. The van der Waals surface area contributed by atoms with E-state index in [9.17, 15) is 27.6 Å². The zero-order valence-corrected chi connectivity index (χ0v) is 16.9. The predicted molar refractivity (Wildman–Crippen MR) is 99.0 cm³/mol. The van der Waals surface area contributed by atoms with E-state index in [2.05, 4.69) is 19.6 Å². The summed E-state index contributed by atoms with van der Waals surface area (Å²) in [6.45, 7) is 3.52. The van der Waals surface area contributed by atoms with Crippen LogP contribution in [0.1, 0.15) is 48.3 Å². The third kappa shape index (κ3) is 6.98. The van der Waals surface area contributed by atoms with Crippen LogP contribution in [0, 0.1) is 0 Å². The molecule has 0 N–H and O–H groups in total. The van der Waals surface area contributed by atoms with E-state index in [1.165, 1.54) is 31.2 Å². The molecule has 0 aliphatic heterocycles. The molecule has 0 spiro atoms. The van der Waals surface area contributed by atoms with Gasteiger partial charge in [0.05, 0.1) is 25.5 Å². The number of carbonyl (C=O) groups is 3. The monoisotopic (exact) mass is 429 g/mol. The van der Waals surface area contributed by atoms with E-state index in [0.717, 1.165) is 12.3 Å². The summed E-state index contributed by atoms with van der Waals surface area (Å²) in [6.07, 6.45) is -1.54. The number of hydrogen-bond donors (Lipinski definition) is 0. The number of Topliss-reactive ketones (excluding diaryl/α,β-unsaturated/α-hetero) is 1. The first-order valence-electron chi connectivity index (χ1n) is 8.86. The number of halogens is 3. The normalized spacial score (nSPS) is 10.6. The van der Waals surface area contributed by atoms with Crippen LogP contribution in [-0.2, 0) is 31.7 Å². The van der Waals surface area contributed by atoms with Gasteiger partial charge in [0.2, 0.25) is 0 Å². The lowest BCUT2D eigenvalue weighted by molar-refractivity contribution is -0.143. The fourth-order valence-corrected chi connectivity index (χ4v) is 2.12. The van der Waals surface area contributed by atoms with E-state index >= 15 is 0 Å². The number of aromatic nitrogens is 3. The summed E-state index contributed by atoms with van der Waals surface area (Å²) < 4.78 is 47.6. The summed E-state index contributed by atoms with van der Waals surface area (Å²) in [5.41, 5.74) is -0.0902. The van der Waals surface area contributed by atoms with E-state index in [1.807, 2.05) is 0 Å². The SMILES string of the molecule is CCC(=O)CC(=O)OC.CCc1nn(-c2ccc(C(F)(F)F)cn2)cc1C(=O)OC. The Morgan fingerprint density at radius 2 is 1.77 bits per heavy atom. The van der Waals surface area contributed by atoms with E-state index < -0.39 is 23.7 Å². The molecule has 2 heterocycles. The van der Waals surface area contributed by atoms with Crippen LogP contribution in [0.15, 0.2) is 24.5 Å². The Morgan fingerprint density at radius 3 is 2.20 bits per heavy atom. The summed E-state index contributed by atoms with van der Waals surface area (Å²) in [5, 5.41) is 4.13. The molecule has 0 saturated heterocycles. The number of methoxy groups -OCH3 is 2. The van der Waals surface area contributed by atoms with Crippen molar-refractivity contribution in [3.8, 4) is 5.82 Å². The summed E-state index contributed by atoms with van der Waals surface area (Å²) in [7, 11) is 2.51. The molecule has 2 aromatic rings. The van der Waals surface area contributed by atoms with Gasteiger partial charge < -0.3 is 9.47 Å². The number of carbonyl (C=O) groups excluding carboxylic acids is 3. The highest BCUT2D eigenvalue weighted by Crippen LogP contribution is 2.28. The number of nitrogens with zero attached hydrogens (tertiary/aromatic N) is 3. The Bertz CT molecular complexity index is 863. The Morgan fingerprint density at radius 1 is 1.10 bits per heavy atom. The predicted octanol–water partition coefficient (Wildman–Crippen LogP) is 3.16. The number of ketones is 1. The lowest BCUT2D eigenvalue weighted by atomic mass is 10.2. The molecule has 0 aliphatic rings. The highest BCUT2D eigenvalue weighted by Gasteiger charge is 2.30. The second-order valence-corrected chi connectivity index (χ2v) is 5.83. The molecule has 8 nitrogen and oxygen atoms in total. The molecule has 0 fully saturated rings. The summed E-state index contributed by atoms with van der Waals surface area (Å²) in [6, 6.07) is 2.10. The third-order valence-corrected chi connectivity index (χ3v) is 3.80. The van der Waals surface area contributed by atoms with Gasteiger partial charge in [-0.3, -0.25) is 9.59 Å². The Balaban J connectivity index is 0.000000424. The zero-order chi connectivity index (χ0) is 22.9. The van der Waals surface area contributed by atoms with Crippen LogP contribution >= 0.6 is 0 Å². The Kier molecular flexibility index (Phi) is 9.16. The molecular weight excluding hydrogens is 407 g/mol. The van der Waals surface area contributed by atoms with Gasteiger partial charge in [0.25, 0.3) is 0 Å². The fraction of sp³-hybridized carbons (Fsp3) is 0.421. The molecule has 2 aromatic heterocycles. The van der Waals surface area contributed by atoms with Crippen LogP contribution in [-0.4, -0.2) is 46.7 Å². The summed E-state index contributed by atoms with van der Waals surface area (Å²) in [5.74, 6) is -0.901. The van der Waals surface area contributed by atoms with Crippen LogP contribution < -0.4 is 0 Å². The van der Waals surface area contributed by atoms with Gasteiger partial charge in [0, 0.05) is 18.8 Å². The smallest absolute Gasteiger partial charge is 0.417 e. The van der Waals surface area contributed by atoms with Gasteiger partial charge in [-0.15, -0.1) is 0 Å². The van der Waals surface area contributed by atoms with Gasteiger partial charge in [-0.1, -0.05) is 13.8 Å². The van der Waals surface area contributed by atoms with Crippen molar-refractivity contribution >= 4 is 17.7 Å². The van der Waals surface area contributed by atoms with Gasteiger partial charge in [-0.05, 0) is 18.6 Å². The number of alkyl halides is 3. The Labute approximate surface area is 171 Å². The molecule has 30 heavy (non-hydrogen) atoms. The maximum atomic E-state index is 12.5. The molecular formula is C19H22F3N3O5. The van der Waals surface area contributed by atoms with Crippen molar-refractivity contribution in [2.75, 3.05) is 14.2 Å². The van der Waals surface area contributed by atoms with Crippen molar-refractivity contribution in [1.29, 1.82) is 0 Å². The van der Waals surface area contributed by atoms with E-state index in [-0.39, 0.29) is 23.6 Å². The van der Waals surface area contributed by atoms with Crippen LogP contribution in [0.2, 0.25) is 0 Å². The molecule has 2 rings (SSSR count). The number of pyridine rings is 1. The van der Waals surface area contributed by atoms with Crippen molar-refractivity contribution in [3.63, 3.8) is 0 Å². The Hall–Kier alpha value is -3.24. The molecule has 11 heteroatoms. The number of esters is 2. The molecule has 0 saturated carbocycles. The van der Waals surface area contributed by atoms with E-state index in [0.29, 0.717) is 18.5 Å². The summed E-state index contributed by atoms with van der Waals surface area (Å²) in [4.78, 5) is 36.1. The lowest BCUT2D eigenvalue weighted by Gasteiger charge is -2.06. The first kappa shape index (κ1) is 24.8. The van der Waals surface area contributed by atoms with Gasteiger partial charge >= 0.3 is 18.1 Å². The van der Waals surface area contributed by atoms with Crippen molar-refractivity contribution in [3.05, 3.63) is 41.3 Å². The molecule has 0 atom stereocenters. The largest absolute Gasteiger partial charge is 0.469 e. The lowest BCUT2D eigenvalue weighted by Crippen LogP contribution is -2.07. The fourth-order valence-electron chi connectivity index (χ4n) is 2.12. The molecule has 0 radical (unpaired) electrons. The molecule has 0 unspecified atom stereocenters. The minimum Gasteiger partial charge on any atom is -0.469 e. The first-order valence-corrected chi connectivity index (χ1v) is 8.86. The van der Waals surface area contributed by atoms with Crippen LogP contribution in [0.3, 0.4) is 0 Å². The van der Waals surface area contributed by atoms with Gasteiger partial charge in [0.15, 0.2) is 5.82 Å². The van der Waals surface area contributed by atoms with E-state index in [4.69, 9.17) is 0 Å². The second kappa shape index (κ2) is 11.1. The van der Waals surface area contributed by atoms with Gasteiger partial charge in [-0.2, -0.15) is 18.3 Å². The maximum absolute atomic E-state index is 12.5. The maximum Gasteiger partial charge on any atom is 0.417 e. The standard InChI is InChI=1S/C13H12F3N3O2.C6H10O3/c1-3-10-9(12(20)21-2)7-19(18-10)11-5-4-8(6-17-11)13(14,15)16;1-3-5(7)4-6(8)9-2/h4-7H,3H2,1-2H3;3-4H2,1-2H3. The number of aryl methyl sites for hydroxylation is 1. The zero-order valence-electron chi connectivity index (χ0n) is 16.9.